The van der Waals surface area contributed by atoms with E-state index in [-0.39, 0.29) is 24.4 Å². The SMILES string of the molecule is CCC(C)NC(=O)c1ccc(NC(=O)CNc2cc(Cl)ccc2C)cc1. The number of anilines is 2. The molecule has 3 N–H and O–H groups in total. The Morgan fingerprint density at radius 2 is 1.81 bits per heavy atom. The predicted molar refractivity (Wildman–Crippen MR) is 107 cm³/mol. The van der Waals surface area contributed by atoms with E-state index in [0.29, 0.717) is 16.3 Å². The van der Waals surface area contributed by atoms with Crippen LogP contribution in [0.3, 0.4) is 0 Å². The van der Waals surface area contributed by atoms with Gasteiger partial charge in [-0.15, -0.1) is 0 Å². The molecule has 1 unspecified atom stereocenters. The number of aryl methyl sites for hydroxylation is 1. The van der Waals surface area contributed by atoms with Gasteiger partial charge in [0.05, 0.1) is 6.54 Å². The predicted octanol–water partition coefficient (Wildman–Crippen LogP) is 4.23. The number of carbonyl (C=O) groups excluding carboxylic acids is 2. The summed E-state index contributed by atoms with van der Waals surface area (Å²) >= 11 is 5.97. The Bertz CT molecular complexity index is 775. The molecule has 5 nitrogen and oxygen atoms in total. The first-order chi connectivity index (χ1) is 12.4. The summed E-state index contributed by atoms with van der Waals surface area (Å²) in [6, 6.07) is 12.4. The van der Waals surface area contributed by atoms with Gasteiger partial charge in [-0.1, -0.05) is 24.6 Å². The van der Waals surface area contributed by atoms with Gasteiger partial charge in [0.25, 0.3) is 5.91 Å². The van der Waals surface area contributed by atoms with Gasteiger partial charge < -0.3 is 16.0 Å². The standard InChI is InChI=1S/C20H24ClN3O2/c1-4-14(3)23-20(26)15-6-9-17(10-7-15)24-19(25)12-22-18-11-16(21)8-5-13(18)2/h5-11,14,22H,4,12H2,1-3H3,(H,23,26)(H,24,25). The smallest absolute Gasteiger partial charge is 0.251 e. The first kappa shape index (κ1) is 19.8. The third-order valence-electron chi connectivity index (χ3n) is 4.06. The zero-order chi connectivity index (χ0) is 19.1. The lowest BCUT2D eigenvalue weighted by atomic mass is 10.1. The van der Waals surface area contributed by atoms with Crippen molar-refractivity contribution < 1.29 is 9.59 Å². The molecule has 1 atom stereocenters. The maximum atomic E-state index is 12.1. The fraction of sp³-hybridized carbons (Fsp3) is 0.300. The van der Waals surface area contributed by atoms with E-state index in [2.05, 4.69) is 16.0 Å². The van der Waals surface area contributed by atoms with E-state index in [1.54, 1.807) is 36.4 Å². The summed E-state index contributed by atoms with van der Waals surface area (Å²) < 4.78 is 0. The quantitative estimate of drug-likeness (QED) is 0.680. The van der Waals surface area contributed by atoms with Crippen LogP contribution in [0, 0.1) is 6.92 Å². The van der Waals surface area contributed by atoms with Crippen molar-refractivity contribution in [2.24, 2.45) is 0 Å². The Labute approximate surface area is 159 Å². The molecule has 6 heteroatoms. The molecule has 2 aromatic rings. The number of hydrogen-bond acceptors (Lipinski definition) is 3. The van der Waals surface area contributed by atoms with Gasteiger partial charge in [-0.3, -0.25) is 9.59 Å². The van der Waals surface area contributed by atoms with Crippen LogP contribution < -0.4 is 16.0 Å². The molecule has 0 saturated heterocycles. The second-order valence-corrected chi connectivity index (χ2v) is 6.66. The second-order valence-electron chi connectivity index (χ2n) is 6.22. The van der Waals surface area contributed by atoms with E-state index < -0.39 is 0 Å². The third kappa shape index (κ3) is 5.77. The van der Waals surface area contributed by atoms with E-state index in [1.807, 2.05) is 26.8 Å². The number of benzene rings is 2. The maximum absolute atomic E-state index is 12.1. The lowest BCUT2D eigenvalue weighted by molar-refractivity contribution is -0.114. The number of hydrogen-bond donors (Lipinski definition) is 3. The van der Waals surface area contributed by atoms with Gasteiger partial charge in [-0.25, -0.2) is 0 Å². The summed E-state index contributed by atoms with van der Waals surface area (Å²) in [4.78, 5) is 24.1. The minimum Gasteiger partial charge on any atom is -0.376 e. The van der Waals surface area contributed by atoms with Gasteiger partial charge in [0.1, 0.15) is 0 Å². The second kappa shape index (κ2) is 9.25. The highest BCUT2D eigenvalue weighted by molar-refractivity contribution is 6.30. The number of carbonyl (C=O) groups is 2. The summed E-state index contributed by atoms with van der Waals surface area (Å²) in [5, 5.41) is 9.39. The monoisotopic (exact) mass is 373 g/mol. The molecule has 2 amide bonds. The van der Waals surface area contributed by atoms with Gasteiger partial charge >= 0.3 is 0 Å². The molecule has 0 aromatic heterocycles. The molecular formula is C20H24ClN3O2. The van der Waals surface area contributed by atoms with Crippen LogP contribution in [0.1, 0.15) is 36.2 Å². The summed E-state index contributed by atoms with van der Waals surface area (Å²) in [5.74, 6) is -0.295. The lowest BCUT2D eigenvalue weighted by Crippen LogP contribution is -2.31. The Hall–Kier alpha value is -2.53. The molecule has 0 spiro atoms. The normalized spacial score (nSPS) is 11.5. The number of halogens is 1. The fourth-order valence-corrected chi connectivity index (χ4v) is 2.45. The number of rotatable bonds is 7. The average Bonchev–Trinajstić information content (AvgIpc) is 2.62. The minimum absolute atomic E-state index is 0.115. The van der Waals surface area contributed by atoms with Crippen LogP contribution in [0.4, 0.5) is 11.4 Å². The van der Waals surface area contributed by atoms with Crippen LogP contribution in [-0.2, 0) is 4.79 Å². The molecule has 0 radical (unpaired) electrons. The van der Waals surface area contributed by atoms with E-state index >= 15 is 0 Å². The number of amides is 2. The van der Waals surface area contributed by atoms with E-state index in [0.717, 1.165) is 17.7 Å². The van der Waals surface area contributed by atoms with Crippen LogP contribution in [-0.4, -0.2) is 24.4 Å². The van der Waals surface area contributed by atoms with Gasteiger partial charge in [0.15, 0.2) is 0 Å². The molecule has 0 bridgehead atoms. The van der Waals surface area contributed by atoms with E-state index in [1.165, 1.54) is 0 Å². The Morgan fingerprint density at radius 3 is 2.46 bits per heavy atom. The molecule has 0 aliphatic carbocycles. The topological polar surface area (TPSA) is 70.2 Å². The van der Waals surface area contributed by atoms with Crippen LogP contribution in [0.15, 0.2) is 42.5 Å². The Kier molecular flexibility index (Phi) is 7.04. The van der Waals surface area contributed by atoms with E-state index in [4.69, 9.17) is 11.6 Å². The summed E-state index contributed by atoms with van der Waals surface area (Å²) in [6.07, 6.45) is 0.874. The molecule has 138 valence electrons. The Balaban J connectivity index is 1.89. The molecule has 0 heterocycles. The highest BCUT2D eigenvalue weighted by Gasteiger charge is 2.09. The Morgan fingerprint density at radius 1 is 1.12 bits per heavy atom. The van der Waals surface area contributed by atoms with Crippen molar-refractivity contribution in [3.05, 3.63) is 58.6 Å². The maximum Gasteiger partial charge on any atom is 0.251 e. The van der Waals surface area contributed by atoms with Crippen molar-refractivity contribution in [3.8, 4) is 0 Å². The highest BCUT2D eigenvalue weighted by Crippen LogP contribution is 2.20. The van der Waals surface area contributed by atoms with Crippen molar-refractivity contribution in [3.63, 3.8) is 0 Å². The minimum atomic E-state index is -0.179. The first-order valence-electron chi connectivity index (χ1n) is 8.60. The van der Waals surface area contributed by atoms with Crippen molar-refractivity contribution in [2.75, 3.05) is 17.2 Å². The van der Waals surface area contributed by atoms with Crippen molar-refractivity contribution in [1.29, 1.82) is 0 Å². The van der Waals surface area contributed by atoms with Gasteiger partial charge in [-0.05, 0) is 62.2 Å². The van der Waals surface area contributed by atoms with Crippen molar-refractivity contribution >= 4 is 34.8 Å². The largest absolute Gasteiger partial charge is 0.376 e. The molecule has 0 aliphatic heterocycles. The molecule has 0 saturated carbocycles. The van der Waals surface area contributed by atoms with Gasteiger partial charge in [0, 0.05) is 28.0 Å². The number of nitrogens with one attached hydrogen (secondary N) is 3. The third-order valence-corrected chi connectivity index (χ3v) is 4.29. The molecule has 2 rings (SSSR count). The first-order valence-corrected chi connectivity index (χ1v) is 8.97. The summed E-state index contributed by atoms with van der Waals surface area (Å²) in [6.45, 7) is 6.04. The molecule has 2 aromatic carbocycles. The van der Waals surface area contributed by atoms with Crippen LogP contribution in [0.25, 0.3) is 0 Å². The molecule has 0 fully saturated rings. The van der Waals surface area contributed by atoms with E-state index in [9.17, 15) is 9.59 Å². The summed E-state index contributed by atoms with van der Waals surface area (Å²) in [7, 11) is 0. The zero-order valence-electron chi connectivity index (χ0n) is 15.2. The van der Waals surface area contributed by atoms with Crippen LogP contribution in [0.5, 0.6) is 0 Å². The molecular weight excluding hydrogens is 350 g/mol. The zero-order valence-corrected chi connectivity index (χ0v) is 16.0. The lowest BCUT2D eigenvalue weighted by Gasteiger charge is -2.12. The van der Waals surface area contributed by atoms with Crippen LogP contribution >= 0.6 is 11.6 Å². The van der Waals surface area contributed by atoms with Crippen molar-refractivity contribution in [2.45, 2.75) is 33.2 Å². The van der Waals surface area contributed by atoms with Crippen LogP contribution in [0.2, 0.25) is 5.02 Å². The van der Waals surface area contributed by atoms with Gasteiger partial charge in [0.2, 0.25) is 5.91 Å². The highest BCUT2D eigenvalue weighted by atomic mass is 35.5. The van der Waals surface area contributed by atoms with Crippen molar-refractivity contribution in [1.82, 2.24) is 5.32 Å². The molecule has 0 aliphatic rings. The summed E-state index contributed by atoms with van der Waals surface area (Å²) in [5.41, 5.74) is 3.04. The fourth-order valence-electron chi connectivity index (χ4n) is 2.28. The molecule has 26 heavy (non-hydrogen) atoms. The van der Waals surface area contributed by atoms with Gasteiger partial charge in [-0.2, -0.15) is 0 Å². The average molecular weight is 374 g/mol.